The Morgan fingerprint density at radius 3 is 2.31 bits per heavy atom. The molecule has 0 unspecified atom stereocenters. The van der Waals surface area contributed by atoms with E-state index in [1.54, 1.807) is 11.8 Å². The van der Waals surface area contributed by atoms with Gasteiger partial charge in [-0.2, -0.15) is 11.8 Å². The van der Waals surface area contributed by atoms with Crippen LogP contribution in [0.25, 0.3) is 0 Å². The van der Waals surface area contributed by atoms with Crippen LogP contribution in [-0.4, -0.2) is 18.3 Å². The molecule has 6 heteroatoms. The Labute approximate surface area is 164 Å². The fourth-order valence-corrected chi connectivity index (χ4v) is 4.00. The van der Waals surface area contributed by atoms with Crippen molar-refractivity contribution in [1.82, 2.24) is 0 Å². The smallest absolute Gasteiger partial charge is 0.399 e. The van der Waals surface area contributed by atoms with Gasteiger partial charge in [0.05, 0.1) is 11.2 Å². The van der Waals surface area contributed by atoms with Crippen molar-refractivity contribution >= 4 is 35.9 Å². The van der Waals surface area contributed by atoms with Crippen LogP contribution in [0.1, 0.15) is 38.8 Å². The summed E-state index contributed by atoms with van der Waals surface area (Å²) in [6.45, 7) is 7.87. The van der Waals surface area contributed by atoms with Crippen LogP contribution in [0.3, 0.4) is 0 Å². The predicted molar refractivity (Wildman–Crippen MR) is 109 cm³/mol. The zero-order valence-corrected chi connectivity index (χ0v) is 17.1. The number of rotatable bonds is 5. The molecule has 0 saturated carbocycles. The van der Waals surface area contributed by atoms with Crippen LogP contribution < -0.4 is 5.46 Å². The summed E-state index contributed by atoms with van der Waals surface area (Å²) >= 11 is 7.94. The lowest BCUT2D eigenvalue weighted by molar-refractivity contribution is 0.00578. The summed E-state index contributed by atoms with van der Waals surface area (Å²) in [5.41, 5.74) is 1.62. The molecular formula is C20H23BClFO2S. The first-order valence-corrected chi connectivity index (χ1v) is 10.2. The van der Waals surface area contributed by atoms with Crippen molar-refractivity contribution < 1.29 is 13.7 Å². The van der Waals surface area contributed by atoms with Crippen molar-refractivity contribution in [2.24, 2.45) is 0 Å². The van der Waals surface area contributed by atoms with Gasteiger partial charge in [-0.25, -0.2) is 4.39 Å². The predicted octanol–water partition coefficient (Wildman–Crippen LogP) is 5.21. The minimum absolute atomic E-state index is 0.302. The highest BCUT2D eigenvalue weighted by Crippen LogP contribution is 2.36. The molecule has 1 aliphatic rings. The molecule has 1 heterocycles. The van der Waals surface area contributed by atoms with Crippen molar-refractivity contribution in [3.8, 4) is 0 Å². The van der Waals surface area contributed by atoms with E-state index in [1.165, 1.54) is 6.07 Å². The first kappa shape index (κ1) is 19.7. The van der Waals surface area contributed by atoms with E-state index in [-0.39, 0.29) is 5.82 Å². The van der Waals surface area contributed by atoms with Crippen molar-refractivity contribution in [2.45, 2.75) is 50.4 Å². The molecule has 0 N–H and O–H groups in total. The molecule has 1 aliphatic heterocycles. The SMILES string of the molecule is CC1(C)OB(c2cc(CSCc3ccccc3Cl)ccc2F)OC1(C)C. The van der Waals surface area contributed by atoms with E-state index in [0.717, 1.165) is 27.7 Å². The first-order chi connectivity index (χ1) is 12.2. The lowest BCUT2D eigenvalue weighted by Crippen LogP contribution is -2.41. The highest BCUT2D eigenvalue weighted by Gasteiger charge is 2.52. The molecule has 2 nitrogen and oxygen atoms in total. The maximum absolute atomic E-state index is 14.4. The molecule has 2 aromatic carbocycles. The van der Waals surface area contributed by atoms with Crippen molar-refractivity contribution in [3.05, 3.63) is 64.4 Å². The Balaban J connectivity index is 1.70. The van der Waals surface area contributed by atoms with Gasteiger partial charge in [0.15, 0.2) is 0 Å². The van der Waals surface area contributed by atoms with Crippen LogP contribution in [0.15, 0.2) is 42.5 Å². The number of benzene rings is 2. The minimum Gasteiger partial charge on any atom is -0.399 e. The van der Waals surface area contributed by atoms with E-state index < -0.39 is 18.3 Å². The quantitative estimate of drug-likeness (QED) is 0.651. The largest absolute Gasteiger partial charge is 0.497 e. The zero-order chi connectivity index (χ0) is 18.9. The lowest BCUT2D eigenvalue weighted by Gasteiger charge is -2.32. The van der Waals surface area contributed by atoms with Gasteiger partial charge in [0.2, 0.25) is 0 Å². The number of halogens is 2. The summed E-state index contributed by atoms with van der Waals surface area (Å²) in [4.78, 5) is 0. The van der Waals surface area contributed by atoms with Crippen LogP contribution >= 0.6 is 23.4 Å². The summed E-state index contributed by atoms with van der Waals surface area (Å²) in [7, 11) is -0.687. The molecule has 138 valence electrons. The second kappa shape index (κ2) is 7.55. The molecule has 0 atom stereocenters. The van der Waals surface area contributed by atoms with Gasteiger partial charge in [0.25, 0.3) is 0 Å². The highest BCUT2D eigenvalue weighted by atomic mass is 35.5. The summed E-state index contributed by atoms with van der Waals surface area (Å²) in [6.07, 6.45) is 0. The summed E-state index contributed by atoms with van der Waals surface area (Å²) in [5, 5.41) is 0.775. The van der Waals surface area contributed by atoms with Gasteiger partial charge >= 0.3 is 7.12 Å². The summed E-state index contributed by atoms with van der Waals surface area (Å²) < 4.78 is 26.4. The molecule has 3 rings (SSSR count). The zero-order valence-electron chi connectivity index (χ0n) is 15.5. The topological polar surface area (TPSA) is 18.5 Å². The van der Waals surface area contributed by atoms with Crippen molar-refractivity contribution in [1.29, 1.82) is 0 Å². The third-order valence-corrected chi connectivity index (χ3v) is 6.47. The number of thioether (sulfide) groups is 1. The molecule has 0 bridgehead atoms. The Bertz CT molecular complexity index is 781. The maximum Gasteiger partial charge on any atom is 0.497 e. The average molecular weight is 393 g/mol. The standard InChI is InChI=1S/C20H23BClFO2S/c1-19(2)20(3,4)25-21(24-19)16-11-14(9-10-18(16)23)12-26-13-15-7-5-6-8-17(15)22/h5-11H,12-13H2,1-4H3. The molecule has 26 heavy (non-hydrogen) atoms. The van der Waals surface area contributed by atoms with Crippen LogP contribution in [0.2, 0.25) is 5.02 Å². The van der Waals surface area contributed by atoms with Gasteiger partial charge in [0, 0.05) is 22.0 Å². The van der Waals surface area contributed by atoms with E-state index in [9.17, 15) is 4.39 Å². The van der Waals surface area contributed by atoms with Gasteiger partial charge in [-0.15, -0.1) is 0 Å². The molecule has 1 fully saturated rings. The second-order valence-corrected chi connectivity index (χ2v) is 8.92. The molecule has 0 aliphatic carbocycles. The van der Waals surface area contributed by atoms with E-state index in [2.05, 4.69) is 0 Å². The molecule has 0 radical (unpaired) electrons. The third-order valence-electron chi connectivity index (χ3n) is 5.05. The summed E-state index contributed by atoms with van der Waals surface area (Å²) in [6, 6.07) is 13.0. The van der Waals surface area contributed by atoms with Crippen molar-refractivity contribution in [2.75, 3.05) is 0 Å². The molecule has 0 aromatic heterocycles. The van der Waals surface area contributed by atoms with E-state index in [0.29, 0.717) is 5.46 Å². The Hall–Kier alpha value is -1.01. The van der Waals surface area contributed by atoms with Gasteiger partial charge in [-0.1, -0.05) is 41.9 Å². The fraction of sp³-hybridized carbons (Fsp3) is 0.400. The minimum atomic E-state index is -0.687. The van der Waals surface area contributed by atoms with Gasteiger partial charge in [-0.3, -0.25) is 0 Å². The second-order valence-electron chi connectivity index (χ2n) is 7.53. The number of hydrogen-bond acceptors (Lipinski definition) is 3. The van der Waals surface area contributed by atoms with Crippen LogP contribution in [-0.2, 0) is 20.8 Å². The van der Waals surface area contributed by atoms with Crippen LogP contribution in [0.4, 0.5) is 4.39 Å². The first-order valence-electron chi connectivity index (χ1n) is 8.65. The third kappa shape index (κ3) is 4.11. The highest BCUT2D eigenvalue weighted by molar-refractivity contribution is 7.97. The van der Waals surface area contributed by atoms with Gasteiger partial charge in [-0.05, 0) is 51.0 Å². The molecule has 1 saturated heterocycles. The molecular weight excluding hydrogens is 370 g/mol. The molecule has 0 amide bonds. The lowest BCUT2D eigenvalue weighted by atomic mass is 9.78. The molecule has 2 aromatic rings. The molecule has 0 spiro atoms. The van der Waals surface area contributed by atoms with Crippen molar-refractivity contribution in [3.63, 3.8) is 0 Å². The number of hydrogen-bond donors (Lipinski definition) is 0. The van der Waals surface area contributed by atoms with E-state index in [1.807, 2.05) is 64.1 Å². The maximum atomic E-state index is 14.4. The average Bonchev–Trinajstić information content (AvgIpc) is 2.78. The van der Waals surface area contributed by atoms with Crippen LogP contribution in [0, 0.1) is 5.82 Å². The van der Waals surface area contributed by atoms with Gasteiger partial charge < -0.3 is 9.31 Å². The van der Waals surface area contributed by atoms with E-state index >= 15 is 0 Å². The van der Waals surface area contributed by atoms with Crippen LogP contribution in [0.5, 0.6) is 0 Å². The Morgan fingerprint density at radius 2 is 1.65 bits per heavy atom. The normalized spacial score (nSPS) is 18.3. The Kier molecular flexibility index (Phi) is 5.73. The summed E-state index contributed by atoms with van der Waals surface area (Å²) in [5.74, 6) is 1.27. The Morgan fingerprint density at radius 1 is 1.00 bits per heavy atom. The van der Waals surface area contributed by atoms with E-state index in [4.69, 9.17) is 20.9 Å². The monoisotopic (exact) mass is 392 g/mol. The fourth-order valence-electron chi connectivity index (χ4n) is 2.73. The van der Waals surface area contributed by atoms with Gasteiger partial charge in [0.1, 0.15) is 5.82 Å².